The van der Waals surface area contributed by atoms with Crippen molar-refractivity contribution in [2.75, 3.05) is 0 Å². The van der Waals surface area contributed by atoms with Crippen molar-refractivity contribution in [3.63, 3.8) is 0 Å². The van der Waals surface area contributed by atoms with Crippen molar-refractivity contribution in [2.45, 2.75) is 38.7 Å². The van der Waals surface area contributed by atoms with E-state index in [4.69, 9.17) is 0 Å². The van der Waals surface area contributed by atoms with Crippen LogP contribution in [0, 0.1) is 0 Å². The van der Waals surface area contributed by atoms with Crippen molar-refractivity contribution in [1.82, 2.24) is 15.0 Å². The highest BCUT2D eigenvalue weighted by atomic mass is 16.3. The maximum atomic E-state index is 10.7. The molecule has 3 aromatic rings. The number of aromatic nitrogens is 3. The lowest BCUT2D eigenvalue weighted by molar-refractivity contribution is 0.0945. The minimum Gasteiger partial charge on any atom is -0.505 e. The van der Waals surface area contributed by atoms with Gasteiger partial charge in [-0.2, -0.15) is 0 Å². The highest BCUT2D eigenvalue weighted by Crippen LogP contribution is 2.38. The zero-order valence-electron chi connectivity index (χ0n) is 13.6. The van der Waals surface area contributed by atoms with Crippen LogP contribution < -0.4 is 0 Å². The van der Waals surface area contributed by atoms with Crippen molar-refractivity contribution in [3.8, 4) is 11.4 Å². The van der Waals surface area contributed by atoms with Crippen LogP contribution in [0.4, 0.5) is 0 Å². The average molecular weight is 311 g/mol. The third kappa shape index (κ3) is 2.57. The fraction of sp³-hybridized carbons (Fsp3) is 0.333. The van der Waals surface area contributed by atoms with Crippen LogP contribution in [0.1, 0.15) is 32.8 Å². The summed E-state index contributed by atoms with van der Waals surface area (Å²) in [6, 6.07) is 13.0. The van der Waals surface area contributed by atoms with Crippen molar-refractivity contribution < 1.29 is 10.2 Å². The third-order valence-electron chi connectivity index (χ3n) is 4.43. The van der Waals surface area contributed by atoms with Gasteiger partial charge in [0, 0.05) is 11.0 Å². The highest BCUT2D eigenvalue weighted by molar-refractivity contribution is 5.73. The Kier molecular flexibility index (Phi) is 3.82. The van der Waals surface area contributed by atoms with Gasteiger partial charge in [0.05, 0.1) is 6.10 Å². The van der Waals surface area contributed by atoms with Gasteiger partial charge in [-0.25, -0.2) is 0 Å². The minimum absolute atomic E-state index is 0.102. The van der Waals surface area contributed by atoms with Gasteiger partial charge in [0.25, 0.3) is 0 Å². The van der Waals surface area contributed by atoms with Crippen LogP contribution in [0.5, 0.6) is 5.75 Å². The predicted octanol–water partition coefficient (Wildman–Crippen LogP) is 3.17. The Morgan fingerprint density at radius 1 is 1.04 bits per heavy atom. The molecule has 2 N–H and O–H groups in total. The van der Waals surface area contributed by atoms with E-state index >= 15 is 0 Å². The topological polar surface area (TPSA) is 71.2 Å². The molecule has 1 heterocycles. The minimum atomic E-state index is -0.568. The first-order valence-electron chi connectivity index (χ1n) is 7.78. The summed E-state index contributed by atoms with van der Waals surface area (Å²) in [6.07, 6.45) is 0.0638. The van der Waals surface area contributed by atoms with E-state index in [1.165, 1.54) is 4.80 Å². The molecule has 0 aliphatic carbocycles. The zero-order valence-corrected chi connectivity index (χ0v) is 13.6. The van der Waals surface area contributed by atoms with E-state index in [2.05, 4.69) is 10.2 Å². The summed E-state index contributed by atoms with van der Waals surface area (Å²) >= 11 is 0. The van der Waals surface area contributed by atoms with Gasteiger partial charge in [-0.3, -0.25) is 0 Å². The molecular formula is C18H21N3O2. The van der Waals surface area contributed by atoms with Crippen LogP contribution in [0.3, 0.4) is 0 Å². The maximum Gasteiger partial charge on any atom is 0.146 e. The second kappa shape index (κ2) is 5.66. The number of rotatable bonds is 4. The van der Waals surface area contributed by atoms with E-state index in [1.54, 1.807) is 6.07 Å². The number of aliphatic hydroxyl groups is 1. The summed E-state index contributed by atoms with van der Waals surface area (Å²) in [7, 11) is 0. The summed E-state index contributed by atoms with van der Waals surface area (Å²) in [5, 5.41) is 29.9. The molecular weight excluding hydrogens is 290 g/mol. The van der Waals surface area contributed by atoms with Crippen LogP contribution in [0.2, 0.25) is 0 Å². The standard InChI is InChI=1S/C18H21N3O2/c1-4-16(22)18(2,3)12-8-7-11-15(17(12)23)21-19-13-9-5-6-10-14(13)20-21/h5-11,16,22-23H,4H2,1-3H3. The first kappa shape index (κ1) is 15.5. The molecule has 120 valence electrons. The van der Waals surface area contributed by atoms with Gasteiger partial charge in [0.2, 0.25) is 0 Å². The van der Waals surface area contributed by atoms with Gasteiger partial charge in [-0.1, -0.05) is 45.0 Å². The Bertz CT molecular complexity index is 806. The SMILES string of the molecule is CCC(O)C(C)(C)c1cccc(-n2nc3ccccc3n2)c1O. The lowest BCUT2D eigenvalue weighted by atomic mass is 9.77. The largest absolute Gasteiger partial charge is 0.505 e. The van der Waals surface area contributed by atoms with E-state index in [-0.39, 0.29) is 5.75 Å². The Hall–Kier alpha value is -2.40. The fourth-order valence-corrected chi connectivity index (χ4v) is 2.87. The molecule has 0 aliphatic rings. The Balaban J connectivity index is 2.13. The van der Waals surface area contributed by atoms with Crippen LogP contribution in [-0.4, -0.2) is 31.3 Å². The molecule has 23 heavy (non-hydrogen) atoms. The number of hydrogen-bond donors (Lipinski definition) is 2. The molecule has 5 nitrogen and oxygen atoms in total. The second-order valence-electron chi connectivity index (χ2n) is 6.30. The highest BCUT2D eigenvalue weighted by Gasteiger charge is 2.32. The lowest BCUT2D eigenvalue weighted by Crippen LogP contribution is -2.33. The molecule has 0 spiro atoms. The van der Waals surface area contributed by atoms with Crippen LogP contribution in [0.15, 0.2) is 42.5 Å². The summed E-state index contributed by atoms with van der Waals surface area (Å²) < 4.78 is 0. The summed E-state index contributed by atoms with van der Waals surface area (Å²) in [6.45, 7) is 5.77. The molecule has 0 saturated carbocycles. The van der Waals surface area contributed by atoms with Crippen LogP contribution in [-0.2, 0) is 5.41 Å². The number of fused-ring (bicyclic) bond motifs is 1. The number of phenolic OH excluding ortho intramolecular Hbond substituents is 1. The Labute approximate surface area is 135 Å². The number of nitrogens with zero attached hydrogens (tertiary/aromatic N) is 3. The van der Waals surface area contributed by atoms with Crippen molar-refractivity contribution in [2.24, 2.45) is 0 Å². The molecule has 5 heteroatoms. The van der Waals surface area contributed by atoms with E-state index in [1.807, 2.05) is 57.2 Å². The van der Waals surface area contributed by atoms with E-state index in [9.17, 15) is 10.2 Å². The molecule has 0 radical (unpaired) electrons. The summed E-state index contributed by atoms with van der Waals surface area (Å²) in [4.78, 5) is 1.44. The molecule has 0 amide bonds. The van der Waals surface area contributed by atoms with E-state index < -0.39 is 11.5 Å². The van der Waals surface area contributed by atoms with Crippen molar-refractivity contribution in [3.05, 3.63) is 48.0 Å². The Morgan fingerprint density at radius 2 is 1.65 bits per heavy atom. The molecule has 0 bridgehead atoms. The lowest BCUT2D eigenvalue weighted by Gasteiger charge is -2.31. The van der Waals surface area contributed by atoms with Gasteiger partial charge in [-0.15, -0.1) is 15.0 Å². The maximum absolute atomic E-state index is 10.7. The van der Waals surface area contributed by atoms with Crippen molar-refractivity contribution >= 4 is 11.0 Å². The number of benzene rings is 2. The summed E-state index contributed by atoms with van der Waals surface area (Å²) in [5.41, 5.74) is 2.16. The first-order chi connectivity index (χ1) is 10.9. The molecule has 1 aromatic heterocycles. The quantitative estimate of drug-likeness (QED) is 0.776. The monoisotopic (exact) mass is 311 g/mol. The first-order valence-corrected chi connectivity index (χ1v) is 7.78. The number of aromatic hydroxyl groups is 1. The van der Waals surface area contributed by atoms with Gasteiger partial charge in [0.1, 0.15) is 22.5 Å². The number of hydrogen-bond acceptors (Lipinski definition) is 4. The molecule has 0 fully saturated rings. The van der Waals surface area contributed by atoms with Crippen molar-refractivity contribution in [1.29, 1.82) is 0 Å². The zero-order chi connectivity index (χ0) is 16.6. The van der Waals surface area contributed by atoms with Crippen LogP contribution >= 0.6 is 0 Å². The molecule has 0 saturated heterocycles. The normalized spacial score (nSPS) is 13.4. The van der Waals surface area contributed by atoms with Gasteiger partial charge < -0.3 is 10.2 Å². The number of para-hydroxylation sites is 1. The number of aliphatic hydroxyl groups excluding tert-OH is 1. The number of phenols is 1. The van der Waals surface area contributed by atoms with Gasteiger partial charge in [-0.05, 0) is 24.6 Å². The Morgan fingerprint density at radius 3 is 2.22 bits per heavy atom. The predicted molar refractivity (Wildman–Crippen MR) is 89.9 cm³/mol. The smallest absolute Gasteiger partial charge is 0.146 e. The average Bonchev–Trinajstić information content (AvgIpc) is 2.97. The molecule has 0 aliphatic heterocycles. The second-order valence-corrected chi connectivity index (χ2v) is 6.30. The van der Waals surface area contributed by atoms with Gasteiger partial charge >= 0.3 is 0 Å². The molecule has 1 unspecified atom stereocenters. The van der Waals surface area contributed by atoms with E-state index in [0.29, 0.717) is 17.7 Å². The van der Waals surface area contributed by atoms with Gasteiger partial charge in [0.15, 0.2) is 0 Å². The van der Waals surface area contributed by atoms with E-state index in [0.717, 1.165) is 11.0 Å². The molecule has 2 aromatic carbocycles. The molecule has 3 rings (SSSR count). The third-order valence-corrected chi connectivity index (χ3v) is 4.43. The molecule has 1 atom stereocenters. The van der Waals surface area contributed by atoms with Crippen LogP contribution in [0.25, 0.3) is 16.7 Å². The summed E-state index contributed by atoms with van der Waals surface area (Å²) in [5.74, 6) is 0.102. The fourth-order valence-electron chi connectivity index (χ4n) is 2.87.